The van der Waals surface area contributed by atoms with Gasteiger partial charge in [-0.3, -0.25) is 4.31 Å². The molecule has 0 spiro atoms. The number of halogens is 2. The second-order valence-corrected chi connectivity index (χ2v) is 8.32. The molecule has 0 saturated heterocycles. The van der Waals surface area contributed by atoms with E-state index in [2.05, 4.69) is 22.6 Å². The van der Waals surface area contributed by atoms with Crippen LogP contribution >= 0.6 is 22.6 Å². The van der Waals surface area contributed by atoms with E-state index in [4.69, 9.17) is 0 Å². The highest BCUT2D eigenvalue weighted by Crippen LogP contribution is 2.23. The molecule has 0 saturated carbocycles. The average molecular weight is 463 g/mol. The lowest BCUT2D eigenvalue weighted by molar-refractivity contribution is -0.138. The highest BCUT2D eigenvalue weighted by molar-refractivity contribution is 14.1. The Morgan fingerprint density at radius 2 is 1.71 bits per heavy atom. The molecular weight excluding hydrogens is 448 g/mol. The number of benzene rings is 2. The molecule has 0 aliphatic heterocycles. The van der Waals surface area contributed by atoms with Crippen molar-refractivity contribution < 1.29 is 22.7 Å². The third-order valence-corrected chi connectivity index (χ3v) is 5.25. The molecular formula is C16H15FINO4S. The molecule has 0 aromatic heterocycles. The van der Waals surface area contributed by atoms with Crippen molar-refractivity contribution >= 4 is 44.3 Å². The standard InChI is InChI=1S/C16H15FINO4S/c1-24(22,23)19(14-8-4-12(17)5-9-14)15(16(20)21)10-11-2-6-13(18)7-3-11/h2-9,15H,10H2,1H3,(H,20,21)/t15-/m1/s1. The van der Waals surface area contributed by atoms with E-state index in [-0.39, 0.29) is 12.1 Å². The minimum Gasteiger partial charge on any atom is -0.480 e. The lowest BCUT2D eigenvalue weighted by Gasteiger charge is -2.29. The molecule has 5 nitrogen and oxygen atoms in total. The molecule has 24 heavy (non-hydrogen) atoms. The first kappa shape index (κ1) is 18.7. The number of carboxylic acids is 1. The Hall–Kier alpha value is -1.68. The molecule has 2 rings (SSSR count). The van der Waals surface area contributed by atoms with E-state index in [0.29, 0.717) is 5.56 Å². The number of carboxylic acid groups (broad SMARTS) is 1. The van der Waals surface area contributed by atoms with E-state index in [0.717, 1.165) is 26.3 Å². The Morgan fingerprint density at radius 1 is 1.17 bits per heavy atom. The second kappa shape index (κ2) is 7.47. The number of rotatable bonds is 6. The van der Waals surface area contributed by atoms with Crippen molar-refractivity contribution in [3.05, 3.63) is 63.5 Å². The van der Waals surface area contributed by atoms with Crippen LogP contribution in [0.1, 0.15) is 5.56 Å². The van der Waals surface area contributed by atoms with Crippen LogP contribution in [0.2, 0.25) is 0 Å². The number of sulfonamides is 1. The zero-order chi connectivity index (χ0) is 17.9. The Morgan fingerprint density at radius 3 is 2.17 bits per heavy atom. The number of nitrogens with zero attached hydrogens (tertiary/aromatic N) is 1. The molecule has 1 atom stereocenters. The molecule has 0 fully saturated rings. The molecule has 8 heteroatoms. The van der Waals surface area contributed by atoms with Crippen LogP contribution in [0.3, 0.4) is 0 Å². The molecule has 2 aromatic rings. The van der Waals surface area contributed by atoms with Gasteiger partial charge >= 0.3 is 5.97 Å². The summed E-state index contributed by atoms with van der Waals surface area (Å²) in [7, 11) is -3.87. The molecule has 0 aliphatic carbocycles. The minimum absolute atomic E-state index is 0.00327. The molecule has 0 amide bonds. The van der Waals surface area contributed by atoms with Crippen LogP contribution in [-0.2, 0) is 21.2 Å². The first-order valence-corrected chi connectivity index (χ1v) is 9.83. The third kappa shape index (κ3) is 4.67. The molecule has 1 N–H and O–H groups in total. The van der Waals surface area contributed by atoms with Gasteiger partial charge in [-0.2, -0.15) is 0 Å². The number of aliphatic carboxylic acids is 1. The van der Waals surface area contributed by atoms with Gasteiger partial charge in [0.05, 0.1) is 11.9 Å². The fourth-order valence-electron chi connectivity index (χ4n) is 2.30. The topological polar surface area (TPSA) is 74.7 Å². The van der Waals surface area contributed by atoms with E-state index in [1.165, 1.54) is 12.1 Å². The average Bonchev–Trinajstić information content (AvgIpc) is 2.49. The Bertz CT molecular complexity index is 822. The van der Waals surface area contributed by atoms with Crippen LogP contribution in [0.15, 0.2) is 48.5 Å². The summed E-state index contributed by atoms with van der Waals surface area (Å²) >= 11 is 2.12. The summed E-state index contributed by atoms with van der Waals surface area (Å²) in [5.74, 6) is -1.81. The molecule has 0 aliphatic rings. The van der Waals surface area contributed by atoms with E-state index >= 15 is 0 Å². The summed E-state index contributed by atoms with van der Waals surface area (Å²) in [5.41, 5.74) is 0.801. The molecule has 2 aromatic carbocycles. The minimum atomic E-state index is -3.87. The Labute approximate surface area is 153 Å². The van der Waals surface area contributed by atoms with E-state index in [9.17, 15) is 22.7 Å². The Kier molecular flexibility index (Phi) is 5.81. The molecule has 0 radical (unpaired) electrons. The fraction of sp³-hybridized carbons (Fsp3) is 0.188. The Balaban J connectivity index is 2.45. The van der Waals surface area contributed by atoms with Gasteiger partial charge in [-0.1, -0.05) is 12.1 Å². The van der Waals surface area contributed by atoms with Gasteiger partial charge in [-0.15, -0.1) is 0 Å². The van der Waals surface area contributed by atoms with Crippen molar-refractivity contribution in [2.45, 2.75) is 12.5 Å². The summed E-state index contributed by atoms with van der Waals surface area (Å²) < 4.78 is 39.3. The zero-order valence-electron chi connectivity index (χ0n) is 12.7. The summed E-state index contributed by atoms with van der Waals surface area (Å²) in [4.78, 5) is 11.7. The van der Waals surface area contributed by atoms with Crippen molar-refractivity contribution in [1.82, 2.24) is 0 Å². The first-order chi connectivity index (χ1) is 11.2. The molecule has 0 heterocycles. The van der Waals surface area contributed by atoms with Gasteiger partial charge in [0, 0.05) is 9.99 Å². The predicted octanol–water partition coefficient (Wildman–Crippen LogP) is 2.89. The predicted molar refractivity (Wildman–Crippen MR) is 98.0 cm³/mol. The van der Waals surface area contributed by atoms with Crippen LogP contribution < -0.4 is 4.31 Å². The van der Waals surface area contributed by atoms with E-state index in [1.54, 1.807) is 12.1 Å². The summed E-state index contributed by atoms with van der Waals surface area (Å²) in [6.07, 6.45) is 0.928. The molecule has 128 valence electrons. The number of anilines is 1. The smallest absolute Gasteiger partial charge is 0.327 e. The lowest BCUT2D eigenvalue weighted by Crippen LogP contribution is -2.46. The van der Waals surface area contributed by atoms with E-state index in [1.807, 2.05) is 12.1 Å². The number of hydrogen-bond acceptors (Lipinski definition) is 3. The monoisotopic (exact) mass is 463 g/mol. The lowest BCUT2D eigenvalue weighted by atomic mass is 10.1. The maximum absolute atomic E-state index is 13.1. The van der Waals surface area contributed by atoms with Crippen molar-refractivity contribution in [2.24, 2.45) is 0 Å². The fourth-order valence-corrected chi connectivity index (χ4v) is 3.80. The highest BCUT2D eigenvalue weighted by Gasteiger charge is 2.32. The van der Waals surface area contributed by atoms with Crippen LogP contribution in [0, 0.1) is 9.39 Å². The van der Waals surface area contributed by atoms with Gasteiger partial charge in [-0.25, -0.2) is 17.6 Å². The van der Waals surface area contributed by atoms with Crippen LogP contribution in [0.25, 0.3) is 0 Å². The van der Waals surface area contributed by atoms with Gasteiger partial charge in [0.1, 0.15) is 11.9 Å². The normalized spacial score (nSPS) is 12.6. The van der Waals surface area contributed by atoms with Gasteiger partial charge in [0.15, 0.2) is 0 Å². The summed E-state index contributed by atoms with van der Waals surface area (Å²) in [6, 6.07) is 10.5. The SMILES string of the molecule is CS(=O)(=O)N(c1ccc(F)cc1)[C@H](Cc1ccc(I)cc1)C(=O)O. The molecule has 0 bridgehead atoms. The number of hydrogen-bond donors (Lipinski definition) is 1. The third-order valence-electron chi connectivity index (χ3n) is 3.35. The maximum atomic E-state index is 13.1. The molecule has 0 unspecified atom stereocenters. The van der Waals surface area contributed by atoms with E-state index < -0.39 is 27.9 Å². The maximum Gasteiger partial charge on any atom is 0.327 e. The summed E-state index contributed by atoms with van der Waals surface area (Å²) in [6.45, 7) is 0. The largest absolute Gasteiger partial charge is 0.480 e. The highest BCUT2D eigenvalue weighted by atomic mass is 127. The summed E-state index contributed by atoms with van der Waals surface area (Å²) in [5, 5.41) is 9.56. The van der Waals surface area contributed by atoms with Crippen LogP contribution in [-0.4, -0.2) is 31.8 Å². The number of carbonyl (C=O) groups is 1. The van der Waals surface area contributed by atoms with Crippen LogP contribution in [0.4, 0.5) is 10.1 Å². The van der Waals surface area contributed by atoms with Crippen molar-refractivity contribution in [3.63, 3.8) is 0 Å². The zero-order valence-corrected chi connectivity index (χ0v) is 15.7. The van der Waals surface area contributed by atoms with Gasteiger partial charge in [0.25, 0.3) is 0 Å². The van der Waals surface area contributed by atoms with Crippen molar-refractivity contribution in [1.29, 1.82) is 0 Å². The van der Waals surface area contributed by atoms with Gasteiger partial charge < -0.3 is 5.11 Å². The van der Waals surface area contributed by atoms with Gasteiger partial charge in [0.2, 0.25) is 10.0 Å². The van der Waals surface area contributed by atoms with Crippen LogP contribution in [0.5, 0.6) is 0 Å². The van der Waals surface area contributed by atoms with Crippen molar-refractivity contribution in [3.8, 4) is 0 Å². The first-order valence-electron chi connectivity index (χ1n) is 6.90. The van der Waals surface area contributed by atoms with Crippen molar-refractivity contribution in [2.75, 3.05) is 10.6 Å². The second-order valence-electron chi connectivity index (χ2n) is 5.22. The van der Waals surface area contributed by atoms with Gasteiger partial charge in [-0.05, 0) is 64.6 Å². The quantitative estimate of drug-likeness (QED) is 0.669.